The third kappa shape index (κ3) is 4.82. The molecule has 144 valence electrons. The number of hydrogen-bond acceptors (Lipinski definition) is 4. The number of aryl methyl sites for hydroxylation is 1. The fourth-order valence-electron chi connectivity index (χ4n) is 2.80. The van der Waals surface area contributed by atoms with Gasteiger partial charge < -0.3 is 5.32 Å². The van der Waals surface area contributed by atoms with Crippen molar-refractivity contribution in [2.24, 2.45) is 0 Å². The van der Waals surface area contributed by atoms with Gasteiger partial charge in [0.25, 0.3) is 5.91 Å². The highest BCUT2D eigenvalue weighted by Gasteiger charge is 2.32. The van der Waals surface area contributed by atoms with Gasteiger partial charge in [-0.1, -0.05) is 78.9 Å². The van der Waals surface area contributed by atoms with Gasteiger partial charge in [-0.2, -0.15) is 0 Å². The number of nitrogens with one attached hydrogen (secondary N) is 1. The van der Waals surface area contributed by atoms with Gasteiger partial charge >= 0.3 is 0 Å². The van der Waals surface area contributed by atoms with E-state index in [2.05, 4.69) is 5.32 Å². The number of nitrogens with zero attached hydrogens (tertiary/aromatic N) is 1. The van der Waals surface area contributed by atoms with Crippen molar-refractivity contribution in [3.05, 3.63) is 69.6 Å². The Labute approximate surface area is 178 Å². The first-order chi connectivity index (χ1) is 13.5. The van der Waals surface area contributed by atoms with E-state index < -0.39 is 0 Å². The number of anilines is 1. The van der Waals surface area contributed by atoms with Crippen molar-refractivity contribution in [2.45, 2.75) is 19.8 Å². The number of carbonyl (C=O) groups excluding carboxylic acids is 2. The summed E-state index contributed by atoms with van der Waals surface area (Å²) in [6, 6.07) is 15.0. The molecule has 1 N–H and O–H groups in total. The molecule has 0 saturated carbocycles. The fraction of sp³-hybridized carbons (Fsp3) is 0.190. The number of carbonyl (C=O) groups is 2. The molecule has 2 amide bonds. The average molecular weight is 431 g/mol. The van der Waals surface area contributed by atoms with E-state index in [1.54, 1.807) is 12.1 Å². The van der Waals surface area contributed by atoms with E-state index in [4.69, 9.17) is 23.8 Å². The first kappa shape index (κ1) is 20.6. The summed E-state index contributed by atoms with van der Waals surface area (Å²) in [6.07, 6.45) is 2.74. The molecule has 7 heteroatoms. The summed E-state index contributed by atoms with van der Waals surface area (Å²) in [5.41, 5.74) is 2.64. The third-order valence-electron chi connectivity index (χ3n) is 4.30. The molecule has 0 aromatic heterocycles. The van der Waals surface area contributed by atoms with Gasteiger partial charge in [-0.05, 0) is 35.8 Å². The molecule has 0 unspecified atom stereocenters. The molecule has 2 aromatic rings. The zero-order chi connectivity index (χ0) is 20.1. The summed E-state index contributed by atoms with van der Waals surface area (Å²) in [6.45, 7) is 2.28. The predicted molar refractivity (Wildman–Crippen MR) is 120 cm³/mol. The van der Waals surface area contributed by atoms with Crippen LogP contribution in [-0.4, -0.2) is 27.6 Å². The molecular weight excluding hydrogens is 412 g/mol. The molecule has 1 fully saturated rings. The summed E-state index contributed by atoms with van der Waals surface area (Å²) in [7, 11) is 0. The monoisotopic (exact) mass is 430 g/mol. The third-order valence-corrected chi connectivity index (χ3v) is 6.02. The first-order valence-electron chi connectivity index (χ1n) is 8.87. The highest BCUT2D eigenvalue weighted by atomic mass is 35.5. The number of hydrogen-bond donors (Lipinski definition) is 1. The topological polar surface area (TPSA) is 49.4 Å². The standard InChI is InChI=1S/C21H19ClN2O2S2/c1-2-14-7-4-6-10-17(14)23-19(25)11-12-24-20(26)18(28-21(24)27)13-15-8-3-5-9-16(15)22/h3-10,13H,2,11-12H2,1H3,(H,23,25). The second-order valence-corrected chi connectivity index (χ2v) is 8.25. The van der Waals surface area contributed by atoms with Crippen LogP contribution in [-0.2, 0) is 16.0 Å². The van der Waals surface area contributed by atoms with Gasteiger partial charge in [-0.25, -0.2) is 0 Å². The largest absolute Gasteiger partial charge is 0.326 e. The summed E-state index contributed by atoms with van der Waals surface area (Å²) in [4.78, 5) is 27.0. The van der Waals surface area contributed by atoms with Crippen LogP contribution in [0.4, 0.5) is 5.69 Å². The summed E-state index contributed by atoms with van der Waals surface area (Å²) in [5, 5.41) is 3.49. The minimum Gasteiger partial charge on any atom is -0.326 e. The van der Waals surface area contributed by atoms with Gasteiger partial charge in [0.15, 0.2) is 0 Å². The number of para-hydroxylation sites is 1. The van der Waals surface area contributed by atoms with Gasteiger partial charge in [-0.3, -0.25) is 14.5 Å². The van der Waals surface area contributed by atoms with Crippen molar-refractivity contribution in [2.75, 3.05) is 11.9 Å². The smallest absolute Gasteiger partial charge is 0.266 e. The van der Waals surface area contributed by atoms with E-state index in [1.165, 1.54) is 16.7 Å². The van der Waals surface area contributed by atoms with Gasteiger partial charge in [0.2, 0.25) is 5.91 Å². The van der Waals surface area contributed by atoms with Gasteiger partial charge in [0.05, 0.1) is 4.91 Å². The zero-order valence-electron chi connectivity index (χ0n) is 15.3. The van der Waals surface area contributed by atoms with Gasteiger partial charge in [0, 0.05) is 23.7 Å². The predicted octanol–water partition coefficient (Wildman–Crippen LogP) is 5.13. The lowest BCUT2D eigenvalue weighted by Gasteiger charge is -2.15. The maximum absolute atomic E-state index is 12.7. The lowest BCUT2D eigenvalue weighted by Crippen LogP contribution is -2.31. The summed E-state index contributed by atoms with van der Waals surface area (Å²) in [5.74, 6) is -0.346. The Morgan fingerprint density at radius 1 is 1.21 bits per heavy atom. The highest BCUT2D eigenvalue weighted by molar-refractivity contribution is 8.26. The lowest BCUT2D eigenvalue weighted by atomic mass is 10.1. The summed E-state index contributed by atoms with van der Waals surface area (Å²) < 4.78 is 0.449. The molecule has 3 rings (SSSR count). The number of amides is 2. The minimum atomic E-state index is -0.198. The molecule has 0 spiro atoms. The molecule has 1 aliphatic heterocycles. The maximum Gasteiger partial charge on any atom is 0.266 e. The Hall–Kier alpha value is -2.15. The van der Waals surface area contributed by atoms with Crippen molar-refractivity contribution >= 4 is 63.5 Å². The number of rotatable bonds is 6. The Morgan fingerprint density at radius 2 is 1.93 bits per heavy atom. The van der Waals surface area contributed by atoms with Crippen LogP contribution < -0.4 is 5.32 Å². The number of benzene rings is 2. The van der Waals surface area contributed by atoms with Crippen LogP contribution in [0.5, 0.6) is 0 Å². The van der Waals surface area contributed by atoms with Crippen LogP contribution in [0.2, 0.25) is 5.02 Å². The van der Waals surface area contributed by atoms with Crippen molar-refractivity contribution < 1.29 is 9.59 Å². The highest BCUT2D eigenvalue weighted by Crippen LogP contribution is 2.33. The van der Waals surface area contributed by atoms with E-state index in [0.29, 0.717) is 14.2 Å². The van der Waals surface area contributed by atoms with Crippen LogP contribution in [0.15, 0.2) is 53.4 Å². The van der Waals surface area contributed by atoms with E-state index in [1.807, 2.05) is 49.4 Å². The van der Waals surface area contributed by atoms with Gasteiger partial charge in [0.1, 0.15) is 4.32 Å². The van der Waals surface area contributed by atoms with Crippen LogP contribution >= 0.6 is 35.6 Å². The fourth-order valence-corrected chi connectivity index (χ4v) is 4.29. The molecule has 0 radical (unpaired) electrons. The quantitative estimate of drug-likeness (QED) is 0.509. The first-order valence-corrected chi connectivity index (χ1v) is 10.5. The molecular formula is C21H19ClN2O2S2. The molecule has 1 saturated heterocycles. The molecule has 4 nitrogen and oxygen atoms in total. The molecule has 28 heavy (non-hydrogen) atoms. The van der Waals surface area contributed by atoms with E-state index in [0.717, 1.165) is 23.2 Å². The Bertz CT molecular complexity index is 959. The Kier molecular flexibility index (Phi) is 6.88. The second-order valence-electron chi connectivity index (χ2n) is 6.16. The molecule has 0 atom stereocenters. The molecule has 0 aliphatic carbocycles. The summed E-state index contributed by atoms with van der Waals surface area (Å²) >= 11 is 12.7. The van der Waals surface area contributed by atoms with Crippen LogP contribution in [0.3, 0.4) is 0 Å². The SMILES string of the molecule is CCc1ccccc1NC(=O)CCN1C(=O)C(=Cc2ccccc2Cl)SC1=S. The van der Waals surface area contributed by atoms with Crippen LogP contribution in [0.25, 0.3) is 6.08 Å². The van der Waals surface area contributed by atoms with Crippen molar-refractivity contribution in [1.82, 2.24) is 4.90 Å². The van der Waals surface area contributed by atoms with Crippen molar-refractivity contribution in [1.29, 1.82) is 0 Å². The van der Waals surface area contributed by atoms with Crippen molar-refractivity contribution in [3.8, 4) is 0 Å². The second kappa shape index (κ2) is 9.37. The molecule has 2 aromatic carbocycles. The maximum atomic E-state index is 12.7. The van der Waals surface area contributed by atoms with E-state index in [9.17, 15) is 9.59 Å². The lowest BCUT2D eigenvalue weighted by molar-refractivity contribution is -0.122. The van der Waals surface area contributed by atoms with Crippen LogP contribution in [0, 0.1) is 0 Å². The zero-order valence-corrected chi connectivity index (χ0v) is 17.7. The normalized spacial score (nSPS) is 15.4. The number of thiocarbonyl (C=S) groups is 1. The van der Waals surface area contributed by atoms with E-state index >= 15 is 0 Å². The Balaban J connectivity index is 1.63. The van der Waals surface area contributed by atoms with Crippen molar-refractivity contribution in [3.63, 3.8) is 0 Å². The molecule has 0 bridgehead atoms. The van der Waals surface area contributed by atoms with E-state index in [-0.39, 0.29) is 24.8 Å². The minimum absolute atomic E-state index is 0.148. The number of thioether (sulfide) groups is 1. The number of halogens is 1. The molecule has 1 heterocycles. The molecule has 1 aliphatic rings. The average Bonchev–Trinajstić information content (AvgIpc) is 2.95. The van der Waals surface area contributed by atoms with Crippen LogP contribution in [0.1, 0.15) is 24.5 Å². The van der Waals surface area contributed by atoms with Gasteiger partial charge in [-0.15, -0.1) is 0 Å². The Morgan fingerprint density at radius 3 is 2.68 bits per heavy atom.